The second-order valence-electron chi connectivity index (χ2n) is 4.89. The normalized spacial score (nSPS) is 18.7. The maximum absolute atomic E-state index is 12.4. The van der Waals surface area contributed by atoms with Crippen molar-refractivity contribution in [3.63, 3.8) is 0 Å². The first-order valence-electron chi connectivity index (χ1n) is 6.78. The maximum Gasteiger partial charge on any atom is 0.229 e. The van der Waals surface area contributed by atoms with Gasteiger partial charge in [-0.3, -0.25) is 4.79 Å². The van der Waals surface area contributed by atoms with Crippen molar-refractivity contribution in [2.75, 3.05) is 32.7 Å². The van der Waals surface area contributed by atoms with Crippen LogP contribution in [0, 0.1) is 0 Å². The zero-order chi connectivity index (χ0) is 13.0. The SMILES string of the molecule is CCN1CCN(C(=O)C(C)c2ccccc2)CC1. The van der Waals surface area contributed by atoms with Crippen molar-refractivity contribution in [3.8, 4) is 0 Å². The number of hydrogen-bond acceptors (Lipinski definition) is 2. The van der Waals surface area contributed by atoms with Gasteiger partial charge in [0.2, 0.25) is 5.91 Å². The minimum Gasteiger partial charge on any atom is -0.340 e. The molecule has 1 aromatic rings. The molecule has 1 fully saturated rings. The minimum atomic E-state index is -0.0284. The number of piperazine rings is 1. The van der Waals surface area contributed by atoms with E-state index in [9.17, 15) is 4.79 Å². The highest BCUT2D eigenvalue weighted by atomic mass is 16.2. The van der Waals surface area contributed by atoms with Gasteiger partial charge in [-0.2, -0.15) is 0 Å². The van der Waals surface area contributed by atoms with Gasteiger partial charge in [-0.25, -0.2) is 0 Å². The lowest BCUT2D eigenvalue weighted by Gasteiger charge is -2.35. The van der Waals surface area contributed by atoms with E-state index >= 15 is 0 Å². The van der Waals surface area contributed by atoms with Crippen LogP contribution in [0.5, 0.6) is 0 Å². The van der Waals surface area contributed by atoms with Crippen LogP contribution >= 0.6 is 0 Å². The van der Waals surface area contributed by atoms with Gasteiger partial charge < -0.3 is 9.80 Å². The predicted octanol–water partition coefficient (Wildman–Crippen LogP) is 1.95. The molecule has 0 spiro atoms. The fourth-order valence-electron chi connectivity index (χ4n) is 2.44. The summed E-state index contributed by atoms with van der Waals surface area (Å²) in [5, 5.41) is 0. The summed E-state index contributed by atoms with van der Waals surface area (Å²) in [6, 6.07) is 10.0. The largest absolute Gasteiger partial charge is 0.340 e. The Bertz CT molecular complexity index is 383. The van der Waals surface area contributed by atoms with Gasteiger partial charge in [0, 0.05) is 26.2 Å². The predicted molar refractivity (Wildman–Crippen MR) is 73.6 cm³/mol. The van der Waals surface area contributed by atoms with Crippen LogP contribution in [0.4, 0.5) is 0 Å². The van der Waals surface area contributed by atoms with Gasteiger partial charge in [0.15, 0.2) is 0 Å². The Labute approximate surface area is 109 Å². The molecule has 2 rings (SSSR count). The summed E-state index contributed by atoms with van der Waals surface area (Å²) < 4.78 is 0. The lowest BCUT2D eigenvalue weighted by molar-refractivity contribution is -0.134. The van der Waals surface area contributed by atoms with Crippen molar-refractivity contribution >= 4 is 5.91 Å². The topological polar surface area (TPSA) is 23.6 Å². The van der Waals surface area contributed by atoms with Crippen LogP contribution in [0.15, 0.2) is 30.3 Å². The van der Waals surface area contributed by atoms with E-state index in [1.54, 1.807) is 0 Å². The summed E-state index contributed by atoms with van der Waals surface area (Å²) in [4.78, 5) is 16.8. The van der Waals surface area contributed by atoms with Gasteiger partial charge in [0.25, 0.3) is 0 Å². The molecule has 0 bridgehead atoms. The molecular formula is C15H22N2O. The molecule has 1 atom stereocenters. The van der Waals surface area contributed by atoms with Crippen molar-refractivity contribution in [2.24, 2.45) is 0 Å². The molecule has 0 aromatic heterocycles. The van der Waals surface area contributed by atoms with E-state index in [2.05, 4.69) is 11.8 Å². The van der Waals surface area contributed by atoms with Crippen molar-refractivity contribution in [2.45, 2.75) is 19.8 Å². The van der Waals surface area contributed by atoms with E-state index < -0.39 is 0 Å². The first-order valence-corrected chi connectivity index (χ1v) is 6.78. The van der Waals surface area contributed by atoms with E-state index in [4.69, 9.17) is 0 Å². The second-order valence-corrected chi connectivity index (χ2v) is 4.89. The highest BCUT2D eigenvalue weighted by Gasteiger charge is 2.24. The fourth-order valence-corrected chi connectivity index (χ4v) is 2.44. The van der Waals surface area contributed by atoms with Crippen molar-refractivity contribution < 1.29 is 4.79 Å². The molecular weight excluding hydrogens is 224 g/mol. The van der Waals surface area contributed by atoms with Gasteiger partial charge in [-0.1, -0.05) is 37.3 Å². The molecule has 1 saturated heterocycles. The molecule has 0 aliphatic carbocycles. The van der Waals surface area contributed by atoms with Crippen LogP contribution in [-0.2, 0) is 4.79 Å². The fraction of sp³-hybridized carbons (Fsp3) is 0.533. The zero-order valence-electron chi connectivity index (χ0n) is 11.3. The minimum absolute atomic E-state index is 0.0284. The van der Waals surface area contributed by atoms with E-state index in [-0.39, 0.29) is 11.8 Å². The molecule has 3 heteroatoms. The van der Waals surface area contributed by atoms with Crippen LogP contribution in [0.25, 0.3) is 0 Å². The molecule has 0 radical (unpaired) electrons. The second kappa shape index (κ2) is 6.01. The summed E-state index contributed by atoms with van der Waals surface area (Å²) in [6.45, 7) is 8.99. The number of carbonyl (C=O) groups is 1. The Morgan fingerprint density at radius 2 is 1.78 bits per heavy atom. The maximum atomic E-state index is 12.4. The van der Waals surface area contributed by atoms with Gasteiger partial charge in [-0.15, -0.1) is 0 Å². The van der Waals surface area contributed by atoms with Gasteiger partial charge in [0.1, 0.15) is 0 Å². The Morgan fingerprint density at radius 1 is 1.17 bits per heavy atom. The third-order valence-corrected chi connectivity index (χ3v) is 3.80. The highest BCUT2D eigenvalue weighted by Crippen LogP contribution is 2.18. The molecule has 0 N–H and O–H groups in total. The van der Waals surface area contributed by atoms with Crippen LogP contribution in [0.1, 0.15) is 25.3 Å². The third-order valence-electron chi connectivity index (χ3n) is 3.80. The number of rotatable bonds is 3. The number of benzene rings is 1. The van der Waals surface area contributed by atoms with Crippen molar-refractivity contribution in [1.82, 2.24) is 9.80 Å². The summed E-state index contributed by atoms with van der Waals surface area (Å²) in [5.41, 5.74) is 1.11. The lowest BCUT2D eigenvalue weighted by Crippen LogP contribution is -2.49. The van der Waals surface area contributed by atoms with Crippen molar-refractivity contribution in [3.05, 3.63) is 35.9 Å². The highest BCUT2D eigenvalue weighted by molar-refractivity contribution is 5.83. The van der Waals surface area contributed by atoms with Crippen LogP contribution < -0.4 is 0 Å². The van der Waals surface area contributed by atoms with Gasteiger partial charge in [0.05, 0.1) is 5.92 Å². The lowest BCUT2D eigenvalue weighted by atomic mass is 9.99. The van der Waals surface area contributed by atoms with Gasteiger partial charge in [-0.05, 0) is 19.0 Å². The summed E-state index contributed by atoms with van der Waals surface area (Å²) in [7, 11) is 0. The molecule has 3 nitrogen and oxygen atoms in total. The number of hydrogen-bond donors (Lipinski definition) is 0. The van der Waals surface area contributed by atoms with Crippen LogP contribution in [0.2, 0.25) is 0 Å². The quantitative estimate of drug-likeness (QED) is 0.814. The Balaban J connectivity index is 1.96. The molecule has 98 valence electrons. The first-order chi connectivity index (χ1) is 8.72. The Kier molecular flexibility index (Phi) is 4.37. The van der Waals surface area contributed by atoms with E-state index in [0.717, 1.165) is 38.3 Å². The van der Waals surface area contributed by atoms with Crippen LogP contribution in [0.3, 0.4) is 0 Å². The molecule has 1 heterocycles. The standard InChI is InChI=1S/C15H22N2O/c1-3-16-9-11-17(12-10-16)15(18)13(2)14-7-5-4-6-8-14/h4-8,13H,3,9-12H2,1-2H3. The van der Waals surface area contributed by atoms with Crippen LogP contribution in [-0.4, -0.2) is 48.4 Å². The molecule has 1 aliphatic heterocycles. The summed E-state index contributed by atoms with van der Waals surface area (Å²) in [5.74, 6) is 0.233. The van der Waals surface area contributed by atoms with E-state index in [1.807, 2.05) is 42.2 Å². The zero-order valence-corrected chi connectivity index (χ0v) is 11.3. The summed E-state index contributed by atoms with van der Waals surface area (Å²) >= 11 is 0. The summed E-state index contributed by atoms with van der Waals surface area (Å²) in [6.07, 6.45) is 0. The molecule has 18 heavy (non-hydrogen) atoms. The molecule has 0 saturated carbocycles. The molecule has 1 aliphatic rings. The van der Waals surface area contributed by atoms with Gasteiger partial charge >= 0.3 is 0 Å². The number of amides is 1. The molecule has 1 unspecified atom stereocenters. The number of carbonyl (C=O) groups excluding carboxylic acids is 1. The Hall–Kier alpha value is -1.35. The van der Waals surface area contributed by atoms with Crippen molar-refractivity contribution in [1.29, 1.82) is 0 Å². The average molecular weight is 246 g/mol. The third kappa shape index (κ3) is 2.91. The monoisotopic (exact) mass is 246 g/mol. The first kappa shape index (κ1) is 13.1. The number of nitrogens with zero attached hydrogens (tertiary/aromatic N) is 2. The van der Waals surface area contributed by atoms with E-state index in [0.29, 0.717) is 0 Å². The van der Waals surface area contributed by atoms with E-state index in [1.165, 1.54) is 0 Å². The average Bonchev–Trinajstić information content (AvgIpc) is 2.47. The smallest absolute Gasteiger partial charge is 0.229 e. The Morgan fingerprint density at radius 3 is 2.33 bits per heavy atom. The molecule has 1 aromatic carbocycles. The number of likely N-dealkylation sites (N-methyl/N-ethyl adjacent to an activating group) is 1. The molecule has 1 amide bonds.